The number of rotatable bonds is 4. The predicted octanol–water partition coefficient (Wildman–Crippen LogP) is 1.40. The van der Waals surface area contributed by atoms with E-state index < -0.39 is 15.9 Å². The van der Waals surface area contributed by atoms with E-state index in [2.05, 4.69) is 20.4 Å². The first-order valence-corrected chi connectivity index (χ1v) is 8.19. The number of carbonyl (C=O) groups is 1. The summed E-state index contributed by atoms with van der Waals surface area (Å²) in [5, 5.41) is 4.28. The lowest BCUT2D eigenvalue weighted by molar-refractivity contribution is 0.0946. The number of sulfonamides is 1. The molecule has 9 heteroatoms. The normalized spacial score (nSPS) is 11.7. The van der Waals surface area contributed by atoms with Crippen molar-refractivity contribution in [3.05, 3.63) is 47.5 Å². The molecule has 0 aliphatic rings. The van der Waals surface area contributed by atoms with Crippen LogP contribution in [0.5, 0.6) is 0 Å². The Labute approximate surface area is 131 Å². The van der Waals surface area contributed by atoms with Gasteiger partial charge in [-0.05, 0) is 19.9 Å². The Morgan fingerprint density at radius 1 is 1.26 bits per heavy atom. The van der Waals surface area contributed by atoms with E-state index in [4.69, 9.17) is 4.52 Å². The van der Waals surface area contributed by atoms with Gasteiger partial charge in [0.1, 0.15) is 10.6 Å². The average Bonchev–Trinajstić information content (AvgIpc) is 3.09. The van der Waals surface area contributed by atoms with Crippen molar-refractivity contribution in [3.63, 3.8) is 0 Å². The molecule has 1 amide bonds. The minimum Gasteiger partial charge on any atom is -0.360 e. The number of H-pyrrole nitrogens is 1. The Morgan fingerprint density at radius 2 is 2.00 bits per heavy atom. The highest BCUT2D eigenvalue weighted by atomic mass is 32.2. The van der Waals surface area contributed by atoms with Crippen molar-refractivity contribution in [1.29, 1.82) is 0 Å². The van der Waals surface area contributed by atoms with Crippen LogP contribution in [0.25, 0.3) is 10.9 Å². The van der Waals surface area contributed by atoms with Gasteiger partial charge in [-0.3, -0.25) is 10.2 Å². The topological polar surface area (TPSA) is 117 Å². The maximum absolute atomic E-state index is 12.2. The monoisotopic (exact) mass is 334 g/mol. The van der Waals surface area contributed by atoms with Gasteiger partial charge in [-0.15, -0.1) is 4.83 Å². The molecule has 3 aromatic rings. The van der Waals surface area contributed by atoms with Crippen LogP contribution in [0.4, 0.5) is 0 Å². The number of fused-ring (bicyclic) bond motifs is 1. The highest BCUT2D eigenvalue weighted by Gasteiger charge is 2.25. The summed E-state index contributed by atoms with van der Waals surface area (Å²) >= 11 is 0. The Bertz CT molecular complexity index is 968. The number of benzene rings is 1. The Balaban J connectivity index is 1.82. The van der Waals surface area contributed by atoms with E-state index in [0.717, 1.165) is 5.52 Å². The third kappa shape index (κ3) is 2.71. The van der Waals surface area contributed by atoms with E-state index in [0.29, 0.717) is 10.9 Å². The Kier molecular flexibility index (Phi) is 3.66. The number of aromatic amines is 1. The zero-order valence-electron chi connectivity index (χ0n) is 12.4. The number of hydrazine groups is 1. The molecule has 120 valence electrons. The van der Waals surface area contributed by atoms with Crippen molar-refractivity contribution in [2.24, 2.45) is 0 Å². The van der Waals surface area contributed by atoms with Crippen LogP contribution in [0.15, 0.2) is 39.9 Å². The van der Waals surface area contributed by atoms with Gasteiger partial charge < -0.3 is 9.51 Å². The molecule has 8 nitrogen and oxygen atoms in total. The van der Waals surface area contributed by atoms with Gasteiger partial charge in [-0.25, -0.2) is 8.42 Å². The molecule has 0 saturated carbocycles. The fourth-order valence-corrected chi connectivity index (χ4v) is 3.52. The van der Waals surface area contributed by atoms with Crippen LogP contribution >= 0.6 is 0 Å². The summed E-state index contributed by atoms with van der Waals surface area (Å²) in [5.74, 6) is -0.422. The summed E-state index contributed by atoms with van der Waals surface area (Å²) in [6.07, 6.45) is 1.52. The van der Waals surface area contributed by atoms with Crippen LogP contribution in [0.3, 0.4) is 0 Å². The molecule has 2 heterocycles. The van der Waals surface area contributed by atoms with Crippen LogP contribution in [0.1, 0.15) is 21.8 Å². The van der Waals surface area contributed by atoms with Crippen molar-refractivity contribution < 1.29 is 17.7 Å². The first-order chi connectivity index (χ1) is 10.9. The quantitative estimate of drug-likeness (QED) is 0.623. The molecule has 2 aromatic heterocycles. The molecule has 3 rings (SSSR count). The smallest absolute Gasteiger partial charge is 0.268 e. The number of amides is 1. The van der Waals surface area contributed by atoms with Gasteiger partial charge in [-0.2, -0.15) is 0 Å². The number of nitrogens with one attached hydrogen (secondary N) is 3. The molecule has 0 aliphatic heterocycles. The van der Waals surface area contributed by atoms with Crippen molar-refractivity contribution in [1.82, 2.24) is 20.4 Å². The summed E-state index contributed by atoms with van der Waals surface area (Å²) in [4.78, 5) is 17.1. The van der Waals surface area contributed by atoms with Gasteiger partial charge in [0.25, 0.3) is 15.9 Å². The molecule has 0 atom stereocenters. The fraction of sp³-hybridized carbons (Fsp3) is 0.143. The average molecular weight is 334 g/mol. The number of aromatic nitrogens is 2. The van der Waals surface area contributed by atoms with Gasteiger partial charge in [-0.1, -0.05) is 23.4 Å². The lowest BCUT2D eigenvalue weighted by Gasteiger charge is -2.07. The summed E-state index contributed by atoms with van der Waals surface area (Å²) < 4.78 is 29.3. The molecule has 0 spiro atoms. The van der Waals surface area contributed by atoms with Crippen LogP contribution < -0.4 is 10.3 Å². The second-order valence-electron chi connectivity index (χ2n) is 4.96. The van der Waals surface area contributed by atoms with E-state index in [-0.39, 0.29) is 16.3 Å². The zero-order chi connectivity index (χ0) is 16.6. The molecule has 23 heavy (non-hydrogen) atoms. The molecule has 3 N–H and O–H groups in total. The lowest BCUT2D eigenvalue weighted by atomic mass is 10.2. The summed E-state index contributed by atoms with van der Waals surface area (Å²) in [5.41, 5.74) is 3.53. The maximum atomic E-state index is 12.2. The van der Waals surface area contributed by atoms with Gasteiger partial charge in [0, 0.05) is 17.1 Å². The SMILES string of the molecule is Cc1noc(C)c1S(=O)(=O)NNC(=O)c1c[nH]c2ccccc12. The summed E-state index contributed by atoms with van der Waals surface area (Å²) in [7, 11) is -3.97. The molecule has 0 saturated heterocycles. The molecular formula is C14H14N4O4S. The first kappa shape index (κ1) is 15.3. The molecular weight excluding hydrogens is 320 g/mol. The zero-order valence-corrected chi connectivity index (χ0v) is 13.2. The summed E-state index contributed by atoms with van der Waals surface area (Å²) in [6, 6.07) is 7.21. The second kappa shape index (κ2) is 5.52. The molecule has 0 unspecified atom stereocenters. The lowest BCUT2D eigenvalue weighted by Crippen LogP contribution is -2.41. The van der Waals surface area contributed by atoms with Crippen molar-refractivity contribution in [2.75, 3.05) is 0 Å². The minimum absolute atomic E-state index is 0.0864. The third-order valence-corrected chi connectivity index (χ3v) is 4.86. The van der Waals surface area contributed by atoms with Crippen molar-refractivity contribution >= 4 is 26.8 Å². The highest BCUT2D eigenvalue weighted by Crippen LogP contribution is 2.19. The summed E-state index contributed by atoms with van der Waals surface area (Å²) in [6.45, 7) is 2.99. The second-order valence-corrected chi connectivity index (χ2v) is 6.58. The third-order valence-electron chi connectivity index (χ3n) is 3.37. The fourth-order valence-electron chi connectivity index (χ4n) is 2.35. The van der Waals surface area contributed by atoms with E-state index in [9.17, 15) is 13.2 Å². The van der Waals surface area contributed by atoms with E-state index in [1.165, 1.54) is 20.0 Å². The standard InChI is InChI=1S/C14H14N4O4S/c1-8-13(9(2)22-17-8)23(20,21)18-16-14(19)11-7-15-12-6-4-3-5-10(11)12/h3-7,15,18H,1-2H3,(H,16,19). The number of hydrogen-bond acceptors (Lipinski definition) is 5. The van der Waals surface area contributed by atoms with Crippen LogP contribution in [-0.4, -0.2) is 24.5 Å². The number of nitrogens with zero attached hydrogens (tertiary/aromatic N) is 1. The van der Waals surface area contributed by atoms with E-state index in [1.54, 1.807) is 12.1 Å². The number of hydrogen-bond donors (Lipinski definition) is 3. The van der Waals surface area contributed by atoms with Crippen LogP contribution in [-0.2, 0) is 10.0 Å². The van der Waals surface area contributed by atoms with Crippen molar-refractivity contribution in [2.45, 2.75) is 18.7 Å². The van der Waals surface area contributed by atoms with Gasteiger partial charge in [0.15, 0.2) is 5.76 Å². The van der Waals surface area contributed by atoms with E-state index >= 15 is 0 Å². The van der Waals surface area contributed by atoms with Crippen LogP contribution in [0.2, 0.25) is 0 Å². The molecule has 0 radical (unpaired) electrons. The van der Waals surface area contributed by atoms with Gasteiger partial charge >= 0.3 is 0 Å². The van der Waals surface area contributed by atoms with Crippen molar-refractivity contribution in [3.8, 4) is 0 Å². The molecule has 0 aliphatic carbocycles. The number of carbonyl (C=O) groups excluding carboxylic acids is 1. The number of aryl methyl sites for hydroxylation is 2. The largest absolute Gasteiger partial charge is 0.360 e. The minimum atomic E-state index is -3.97. The highest BCUT2D eigenvalue weighted by molar-refractivity contribution is 7.89. The number of para-hydroxylation sites is 1. The molecule has 1 aromatic carbocycles. The Morgan fingerprint density at radius 3 is 2.70 bits per heavy atom. The Hall–Kier alpha value is -2.65. The van der Waals surface area contributed by atoms with Gasteiger partial charge in [0.2, 0.25) is 0 Å². The maximum Gasteiger partial charge on any atom is 0.268 e. The molecule has 0 fully saturated rings. The molecule has 0 bridgehead atoms. The predicted molar refractivity (Wildman–Crippen MR) is 82.1 cm³/mol. The van der Waals surface area contributed by atoms with Crippen LogP contribution in [0, 0.1) is 13.8 Å². The first-order valence-electron chi connectivity index (χ1n) is 6.71. The van der Waals surface area contributed by atoms with E-state index in [1.807, 2.05) is 12.1 Å². The van der Waals surface area contributed by atoms with Gasteiger partial charge in [0.05, 0.1) is 5.56 Å².